The summed E-state index contributed by atoms with van der Waals surface area (Å²) in [5.41, 5.74) is 0.668. The van der Waals surface area contributed by atoms with Crippen LogP contribution in [0.1, 0.15) is 18.0 Å². The first-order valence-electron chi connectivity index (χ1n) is 4.20. The Morgan fingerprint density at radius 1 is 1.75 bits per heavy atom. The molecular formula is C8H12FN3. The van der Waals surface area contributed by atoms with Gasteiger partial charge in [-0.3, -0.25) is 4.68 Å². The monoisotopic (exact) mass is 169 g/mol. The normalized spacial score (nSPS) is 23.2. The van der Waals surface area contributed by atoms with E-state index in [0.717, 1.165) is 19.5 Å². The first-order valence-corrected chi connectivity index (χ1v) is 4.20. The molecule has 1 aromatic rings. The molecule has 1 atom stereocenters. The van der Waals surface area contributed by atoms with Crippen LogP contribution in [0.4, 0.5) is 4.39 Å². The molecule has 12 heavy (non-hydrogen) atoms. The average molecular weight is 169 g/mol. The van der Waals surface area contributed by atoms with E-state index in [1.165, 1.54) is 0 Å². The summed E-state index contributed by atoms with van der Waals surface area (Å²) in [5.74, 6) is 0. The Kier molecular flexibility index (Phi) is 2.08. The molecule has 1 aliphatic rings. The minimum atomic E-state index is -0.417. The number of nitrogens with one attached hydrogen (secondary N) is 1. The largest absolute Gasteiger partial charge is 0.315 e. The third-order valence-electron chi connectivity index (χ3n) is 2.22. The van der Waals surface area contributed by atoms with E-state index < -0.39 is 6.67 Å². The fourth-order valence-corrected chi connectivity index (χ4v) is 1.51. The lowest BCUT2D eigenvalue weighted by Crippen LogP contribution is -2.13. The van der Waals surface area contributed by atoms with Crippen molar-refractivity contribution in [1.29, 1.82) is 0 Å². The Labute approximate surface area is 70.6 Å². The molecule has 0 bridgehead atoms. The molecule has 4 heteroatoms. The quantitative estimate of drug-likeness (QED) is 0.712. The van der Waals surface area contributed by atoms with E-state index in [4.69, 9.17) is 0 Å². The lowest BCUT2D eigenvalue weighted by molar-refractivity contribution is 0.476. The number of alkyl halides is 1. The summed E-state index contributed by atoms with van der Waals surface area (Å²) in [7, 11) is 0. The second-order valence-corrected chi connectivity index (χ2v) is 3.11. The Morgan fingerprint density at radius 2 is 2.67 bits per heavy atom. The Morgan fingerprint density at radius 3 is 3.25 bits per heavy atom. The van der Waals surface area contributed by atoms with Gasteiger partial charge >= 0.3 is 0 Å². The molecule has 1 unspecified atom stereocenters. The van der Waals surface area contributed by atoms with Crippen molar-refractivity contribution in [3.05, 3.63) is 18.0 Å². The van der Waals surface area contributed by atoms with E-state index in [2.05, 4.69) is 10.4 Å². The van der Waals surface area contributed by atoms with Gasteiger partial charge in [-0.1, -0.05) is 0 Å². The molecule has 1 aliphatic heterocycles. The molecule has 2 heterocycles. The molecule has 0 spiro atoms. The van der Waals surface area contributed by atoms with Gasteiger partial charge in [0.25, 0.3) is 0 Å². The van der Waals surface area contributed by atoms with Crippen LogP contribution in [0.5, 0.6) is 0 Å². The molecule has 0 amide bonds. The van der Waals surface area contributed by atoms with E-state index in [-0.39, 0.29) is 0 Å². The van der Waals surface area contributed by atoms with E-state index >= 15 is 0 Å². The van der Waals surface area contributed by atoms with Gasteiger partial charge in [-0.25, -0.2) is 4.39 Å². The molecule has 0 aromatic carbocycles. The summed E-state index contributed by atoms with van der Waals surface area (Å²) in [4.78, 5) is 0. The fraction of sp³-hybridized carbons (Fsp3) is 0.625. The fourth-order valence-electron chi connectivity index (χ4n) is 1.51. The molecule has 0 saturated carbocycles. The van der Waals surface area contributed by atoms with Gasteiger partial charge in [0.05, 0.1) is 12.2 Å². The molecule has 2 rings (SSSR count). The third kappa shape index (κ3) is 1.34. The second-order valence-electron chi connectivity index (χ2n) is 3.11. The van der Waals surface area contributed by atoms with Crippen LogP contribution in [0.15, 0.2) is 12.4 Å². The third-order valence-corrected chi connectivity index (χ3v) is 2.22. The molecule has 1 N–H and O–H groups in total. The smallest absolute Gasteiger partial charge is 0.118 e. The highest BCUT2D eigenvalue weighted by Crippen LogP contribution is 2.14. The Bertz CT molecular complexity index is 253. The molecule has 3 nitrogen and oxygen atoms in total. The van der Waals surface area contributed by atoms with Gasteiger partial charge in [0, 0.05) is 18.3 Å². The van der Waals surface area contributed by atoms with Crippen LogP contribution in [0.3, 0.4) is 0 Å². The van der Waals surface area contributed by atoms with Crippen LogP contribution in [0.25, 0.3) is 0 Å². The SMILES string of the molecule is FCc1cnn(C2CCNC2)c1. The Hall–Kier alpha value is -0.900. The van der Waals surface area contributed by atoms with Gasteiger partial charge in [-0.15, -0.1) is 0 Å². The summed E-state index contributed by atoms with van der Waals surface area (Å²) in [5, 5.41) is 7.35. The van der Waals surface area contributed by atoms with Crippen molar-refractivity contribution in [1.82, 2.24) is 15.1 Å². The standard InChI is InChI=1S/C8H12FN3/c9-3-7-4-11-12(6-7)8-1-2-10-5-8/h4,6,8,10H,1-3,5H2. The van der Waals surface area contributed by atoms with Gasteiger partial charge in [-0.2, -0.15) is 5.10 Å². The van der Waals surface area contributed by atoms with Gasteiger partial charge in [-0.05, 0) is 13.0 Å². The number of aromatic nitrogens is 2. The number of hydrogen-bond acceptors (Lipinski definition) is 2. The molecule has 1 saturated heterocycles. The van der Waals surface area contributed by atoms with Crippen LogP contribution in [0, 0.1) is 0 Å². The maximum absolute atomic E-state index is 12.2. The topological polar surface area (TPSA) is 29.9 Å². The summed E-state index contributed by atoms with van der Waals surface area (Å²) in [6, 6.07) is 0.422. The highest BCUT2D eigenvalue weighted by molar-refractivity contribution is 5.03. The van der Waals surface area contributed by atoms with Crippen molar-refractivity contribution in [2.75, 3.05) is 13.1 Å². The van der Waals surface area contributed by atoms with Crippen LogP contribution < -0.4 is 5.32 Å². The first-order chi connectivity index (χ1) is 5.90. The average Bonchev–Trinajstić information content (AvgIpc) is 2.75. The van der Waals surface area contributed by atoms with Crippen molar-refractivity contribution in [3.63, 3.8) is 0 Å². The van der Waals surface area contributed by atoms with Crippen molar-refractivity contribution in [2.24, 2.45) is 0 Å². The predicted molar refractivity (Wildman–Crippen MR) is 43.6 cm³/mol. The molecule has 1 aromatic heterocycles. The van der Waals surface area contributed by atoms with Crippen molar-refractivity contribution in [2.45, 2.75) is 19.1 Å². The number of halogens is 1. The van der Waals surface area contributed by atoms with Gasteiger partial charge < -0.3 is 5.32 Å². The summed E-state index contributed by atoms with van der Waals surface area (Å²) in [6.45, 7) is 1.57. The van der Waals surface area contributed by atoms with Gasteiger partial charge in [0.2, 0.25) is 0 Å². The van der Waals surface area contributed by atoms with E-state index in [1.807, 2.05) is 4.68 Å². The van der Waals surface area contributed by atoms with Crippen molar-refractivity contribution in [3.8, 4) is 0 Å². The van der Waals surface area contributed by atoms with Gasteiger partial charge in [0.15, 0.2) is 0 Å². The van der Waals surface area contributed by atoms with Crippen molar-refractivity contribution >= 4 is 0 Å². The zero-order valence-electron chi connectivity index (χ0n) is 6.83. The maximum Gasteiger partial charge on any atom is 0.118 e. The summed E-state index contributed by atoms with van der Waals surface area (Å²) >= 11 is 0. The number of hydrogen-bond donors (Lipinski definition) is 1. The molecule has 0 aliphatic carbocycles. The van der Waals surface area contributed by atoms with Crippen molar-refractivity contribution < 1.29 is 4.39 Å². The van der Waals surface area contributed by atoms with Gasteiger partial charge in [0.1, 0.15) is 6.67 Å². The minimum Gasteiger partial charge on any atom is -0.315 e. The molecule has 66 valence electrons. The van der Waals surface area contributed by atoms with Crippen LogP contribution in [-0.2, 0) is 6.67 Å². The number of nitrogens with zero attached hydrogens (tertiary/aromatic N) is 2. The van der Waals surface area contributed by atoms with E-state index in [0.29, 0.717) is 11.6 Å². The van der Waals surface area contributed by atoms with Crippen LogP contribution in [0.2, 0.25) is 0 Å². The molecular weight excluding hydrogens is 157 g/mol. The Balaban J connectivity index is 2.11. The van der Waals surface area contributed by atoms with E-state index in [1.54, 1.807) is 12.4 Å². The first kappa shape index (κ1) is 7.73. The second kappa shape index (κ2) is 3.23. The maximum atomic E-state index is 12.2. The molecule has 1 fully saturated rings. The zero-order valence-corrected chi connectivity index (χ0v) is 6.83. The summed E-state index contributed by atoms with van der Waals surface area (Å²) < 4.78 is 14.0. The summed E-state index contributed by atoms with van der Waals surface area (Å²) in [6.07, 6.45) is 4.48. The lowest BCUT2D eigenvalue weighted by Gasteiger charge is -2.07. The van der Waals surface area contributed by atoms with E-state index in [9.17, 15) is 4.39 Å². The highest BCUT2D eigenvalue weighted by Gasteiger charge is 2.16. The zero-order chi connectivity index (χ0) is 8.39. The van der Waals surface area contributed by atoms with Crippen LogP contribution in [-0.4, -0.2) is 22.9 Å². The minimum absolute atomic E-state index is 0.417. The number of rotatable bonds is 2. The highest BCUT2D eigenvalue weighted by atomic mass is 19.1. The van der Waals surface area contributed by atoms with Crippen LogP contribution >= 0.6 is 0 Å². The predicted octanol–water partition coefficient (Wildman–Crippen LogP) is 0.887. The molecule has 0 radical (unpaired) electrons. The lowest BCUT2D eigenvalue weighted by atomic mass is 10.3.